The zero-order valence-corrected chi connectivity index (χ0v) is 13.8. The van der Waals surface area contributed by atoms with E-state index in [0.717, 1.165) is 10.6 Å². The van der Waals surface area contributed by atoms with Crippen molar-refractivity contribution in [2.24, 2.45) is 0 Å². The van der Waals surface area contributed by atoms with Crippen LogP contribution in [0.25, 0.3) is 0 Å². The minimum absolute atomic E-state index is 0.0163. The van der Waals surface area contributed by atoms with Gasteiger partial charge in [-0.1, -0.05) is 11.6 Å². The Morgan fingerprint density at radius 2 is 1.81 bits per heavy atom. The van der Waals surface area contributed by atoms with Gasteiger partial charge >= 0.3 is 0 Å². The van der Waals surface area contributed by atoms with Crippen molar-refractivity contribution < 1.29 is 9.59 Å². The third kappa shape index (κ3) is 4.88. The van der Waals surface area contributed by atoms with Gasteiger partial charge in [0.25, 0.3) is 5.91 Å². The van der Waals surface area contributed by atoms with E-state index in [1.165, 1.54) is 18.3 Å². The Morgan fingerprint density at radius 3 is 2.43 bits per heavy atom. The lowest BCUT2D eigenvalue weighted by molar-refractivity contribution is 0.0959. The lowest BCUT2D eigenvalue weighted by Gasteiger charge is -2.04. The van der Waals surface area contributed by atoms with Crippen LogP contribution in [0.4, 0.5) is 0 Å². The van der Waals surface area contributed by atoms with E-state index in [9.17, 15) is 9.59 Å². The molecule has 3 nitrogen and oxygen atoms in total. The highest BCUT2D eigenvalue weighted by molar-refractivity contribution is 7.99. The number of hydrogen-bond donors (Lipinski definition) is 1. The molecule has 1 heterocycles. The quantitative estimate of drug-likeness (QED) is 0.489. The van der Waals surface area contributed by atoms with E-state index in [1.807, 2.05) is 24.3 Å². The van der Waals surface area contributed by atoms with Gasteiger partial charge in [-0.25, -0.2) is 0 Å². The normalized spacial score (nSPS) is 10.4. The summed E-state index contributed by atoms with van der Waals surface area (Å²) in [6.07, 6.45) is 0. The SMILES string of the molecule is CC(=O)c1ccc(C(=O)NCCSc2ccc(Cl)cc2)s1. The van der Waals surface area contributed by atoms with Crippen LogP contribution in [-0.2, 0) is 0 Å². The Morgan fingerprint density at radius 1 is 1.14 bits per heavy atom. The standard InChI is InChI=1S/C15H14ClNO2S2/c1-10(18)13-6-7-14(21-13)15(19)17-8-9-20-12-4-2-11(16)3-5-12/h2-7H,8-9H2,1H3,(H,17,19). The molecule has 6 heteroatoms. The van der Waals surface area contributed by atoms with Gasteiger partial charge < -0.3 is 5.32 Å². The Bertz CT molecular complexity index is 637. The van der Waals surface area contributed by atoms with Crippen molar-refractivity contribution in [2.45, 2.75) is 11.8 Å². The molecule has 1 amide bonds. The molecule has 0 saturated heterocycles. The lowest BCUT2D eigenvalue weighted by atomic mass is 10.3. The summed E-state index contributed by atoms with van der Waals surface area (Å²) in [5.74, 6) is 0.625. The molecule has 0 radical (unpaired) electrons. The molecule has 0 bridgehead atoms. The molecule has 0 aliphatic heterocycles. The number of rotatable bonds is 6. The maximum atomic E-state index is 11.9. The first-order valence-corrected chi connectivity index (χ1v) is 8.51. The molecule has 0 aliphatic rings. The lowest BCUT2D eigenvalue weighted by Crippen LogP contribution is -2.24. The van der Waals surface area contributed by atoms with Gasteiger partial charge in [0, 0.05) is 22.2 Å². The zero-order valence-electron chi connectivity index (χ0n) is 11.4. The van der Waals surface area contributed by atoms with Crippen LogP contribution in [-0.4, -0.2) is 24.0 Å². The molecule has 0 aliphatic carbocycles. The molecule has 110 valence electrons. The molecule has 0 unspecified atom stereocenters. The fourth-order valence-electron chi connectivity index (χ4n) is 1.60. The van der Waals surface area contributed by atoms with Gasteiger partial charge in [0.05, 0.1) is 9.75 Å². The number of hydrogen-bond acceptors (Lipinski definition) is 4. The van der Waals surface area contributed by atoms with Crippen molar-refractivity contribution in [3.05, 3.63) is 51.2 Å². The average Bonchev–Trinajstić information content (AvgIpc) is 2.95. The van der Waals surface area contributed by atoms with Gasteiger partial charge in [-0.3, -0.25) is 9.59 Å². The van der Waals surface area contributed by atoms with Crippen LogP contribution >= 0.6 is 34.7 Å². The van der Waals surface area contributed by atoms with Gasteiger partial charge in [0.1, 0.15) is 0 Å². The Hall–Kier alpha value is -1.30. The highest BCUT2D eigenvalue weighted by Gasteiger charge is 2.10. The second-order valence-electron chi connectivity index (χ2n) is 4.28. The van der Waals surface area contributed by atoms with E-state index in [1.54, 1.807) is 23.9 Å². The maximum Gasteiger partial charge on any atom is 0.261 e. The van der Waals surface area contributed by atoms with Gasteiger partial charge in [0.15, 0.2) is 5.78 Å². The number of thioether (sulfide) groups is 1. The molecule has 0 atom stereocenters. The molecule has 0 saturated carbocycles. The highest BCUT2D eigenvalue weighted by Crippen LogP contribution is 2.20. The van der Waals surface area contributed by atoms with Gasteiger partial charge in [-0.2, -0.15) is 0 Å². The van der Waals surface area contributed by atoms with E-state index >= 15 is 0 Å². The topological polar surface area (TPSA) is 46.2 Å². The number of carbonyl (C=O) groups is 2. The minimum atomic E-state index is -0.135. The smallest absolute Gasteiger partial charge is 0.261 e. The van der Waals surface area contributed by atoms with Gasteiger partial charge in [0.2, 0.25) is 0 Å². The molecule has 1 N–H and O–H groups in total. The molecule has 2 aromatic rings. The number of nitrogens with one attached hydrogen (secondary N) is 1. The number of halogens is 1. The predicted molar refractivity (Wildman–Crippen MR) is 88.8 cm³/mol. The summed E-state index contributed by atoms with van der Waals surface area (Å²) in [4.78, 5) is 25.4. The number of carbonyl (C=O) groups excluding carboxylic acids is 2. The summed E-state index contributed by atoms with van der Waals surface area (Å²) in [6.45, 7) is 2.07. The van der Waals surface area contributed by atoms with Crippen molar-refractivity contribution in [3.63, 3.8) is 0 Å². The summed E-state index contributed by atoms with van der Waals surface area (Å²) in [7, 11) is 0. The summed E-state index contributed by atoms with van der Waals surface area (Å²) in [6, 6.07) is 11.0. The summed E-state index contributed by atoms with van der Waals surface area (Å²) in [5, 5.41) is 3.56. The van der Waals surface area contributed by atoms with E-state index in [-0.39, 0.29) is 11.7 Å². The largest absolute Gasteiger partial charge is 0.350 e. The summed E-state index contributed by atoms with van der Waals surface area (Å²) >= 11 is 8.69. The van der Waals surface area contributed by atoms with Crippen molar-refractivity contribution in [1.82, 2.24) is 5.32 Å². The van der Waals surface area contributed by atoms with Crippen molar-refractivity contribution >= 4 is 46.4 Å². The molecule has 0 spiro atoms. The van der Waals surface area contributed by atoms with Crippen LogP contribution in [0, 0.1) is 0 Å². The molecule has 1 aromatic heterocycles. The van der Waals surface area contributed by atoms with Crippen LogP contribution in [0.5, 0.6) is 0 Å². The molecular formula is C15H14ClNO2S2. The molecule has 0 fully saturated rings. The number of ketones is 1. The number of benzene rings is 1. The maximum absolute atomic E-state index is 11.9. The first-order valence-electron chi connectivity index (χ1n) is 6.33. The average molecular weight is 340 g/mol. The Labute approximate surface area is 136 Å². The molecule has 21 heavy (non-hydrogen) atoms. The molecule has 1 aromatic carbocycles. The first-order chi connectivity index (χ1) is 10.1. The fourth-order valence-corrected chi connectivity index (χ4v) is 3.31. The fraction of sp³-hybridized carbons (Fsp3) is 0.200. The van der Waals surface area contributed by atoms with Crippen LogP contribution in [0.1, 0.15) is 26.3 Å². The second kappa shape index (κ2) is 7.64. The first kappa shape index (κ1) is 16.1. The molecular weight excluding hydrogens is 326 g/mol. The predicted octanol–water partition coefficient (Wildman–Crippen LogP) is 4.13. The van der Waals surface area contributed by atoms with Gasteiger partial charge in [-0.05, 0) is 43.3 Å². The van der Waals surface area contributed by atoms with Crippen molar-refractivity contribution in [1.29, 1.82) is 0 Å². The summed E-state index contributed by atoms with van der Waals surface area (Å²) < 4.78 is 0. The van der Waals surface area contributed by atoms with E-state index in [0.29, 0.717) is 21.3 Å². The highest BCUT2D eigenvalue weighted by atomic mass is 35.5. The van der Waals surface area contributed by atoms with Crippen LogP contribution in [0.2, 0.25) is 5.02 Å². The summed E-state index contributed by atoms with van der Waals surface area (Å²) in [5.41, 5.74) is 0. The molecule has 2 rings (SSSR count). The Balaban J connectivity index is 1.76. The van der Waals surface area contributed by atoms with E-state index in [4.69, 9.17) is 11.6 Å². The van der Waals surface area contributed by atoms with Crippen LogP contribution in [0.15, 0.2) is 41.3 Å². The van der Waals surface area contributed by atoms with Crippen LogP contribution in [0.3, 0.4) is 0 Å². The zero-order chi connectivity index (χ0) is 15.2. The Kier molecular flexibility index (Phi) is 5.85. The third-order valence-corrected chi connectivity index (χ3v) is 5.10. The third-order valence-electron chi connectivity index (χ3n) is 2.65. The number of amides is 1. The van der Waals surface area contributed by atoms with Crippen molar-refractivity contribution in [3.8, 4) is 0 Å². The van der Waals surface area contributed by atoms with Crippen LogP contribution < -0.4 is 5.32 Å². The number of thiophene rings is 1. The minimum Gasteiger partial charge on any atom is -0.350 e. The number of Topliss-reactive ketones (excluding diaryl/α,β-unsaturated/α-hetero) is 1. The van der Waals surface area contributed by atoms with E-state index < -0.39 is 0 Å². The second-order valence-corrected chi connectivity index (χ2v) is 6.97. The monoisotopic (exact) mass is 339 g/mol. The van der Waals surface area contributed by atoms with E-state index in [2.05, 4.69) is 5.32 Å². The van der Waals surface area contributed by atoms with Gasteiger partial charge in [-0.15, -0.1) is 23.1 Å². The van der Waals surface area contributed by atoms with Crippen molar-refractivity contribution in [2.75, 3.05) is 12.3 Å².